The molecule has 0 aliphatic heterocycles. The molecule has 2 rings (SSSR count). The maximum Gasteiger partial charge on any atom is 0.263 e. The molecule has 23 heavy (non-hydrogen) atoms. The van der Waals surface area contributed by atoms with Gasteiger partial charge in [-0.3, -0.25) is 4.79 Å². The van der Waals surface area contributed by atoms with E-state index in [9.17, 15) is 13.2 Å². The second kappa shape index (κ2) is 6.88. The van der Waals surface area contributed by atoms with Gasteiger partial charge in [-0.2, -0.15) is 4.31 Å². The van der Waals surface area contributed by atoms with Crippen molar-refractivity contribution < 1.29 is 13.2 Å². The molecule has 1 N–H and O–H groups in total. The summed E-state index contributed by atoms with van der Waals surface area (Å²) in [7, 11) is -1.13. The van der Waals surface area contributed by atoms with E-state index in [1.54, 1.807) is 31.3 Å². The van der Waals surface area contributed by atoms with Crippen LogP contribution in [0.5, 0.6) is 0 Å². The lowest BCUT2D eigenvalue weighted by Crippen LogP contribution is -2.35. The minimum Gasteiger partial charge on any atom is -0.324 e. The third-order valence-corrected chi connectivity index (χ3v) is 5.63. The van der Waals surface area contributed by atoms with Gasteiger partial charge >= 0.3 is 0 Å². The third-order valence-electron chi connectivity index (χ3n) is 3.00. The molecule has 2 aromatic rings. The Kier molecular flexibility index (Phi) is 5.30. The Balaban J connectivity index is 2.12. The van der Waals surface area contributed by atoms with Crippen molar-refractivity contribution in [3.05, 3.63) is 40.8 Å². The number of halogens is 2. The van der Waals surface area contributed by atoms with Gasteiger partial charge in [0.15, 0.2) is 0 Å². The number of hydrogen-bond acceptors (Lipinski definition) is 4. The molecule has 1 heterocycles. The van der Waals surface area contributed by atoms with Crippen LogP contribution in [-0.2, 0) is 21.9 Å². The fourth-order valence-electron chi connectivity index (χ4n) is 1.75. The van der Waals surface area contributed by atoms with Crippen molar-refractivity contribution in [1.82, 2.24) is 13.9 Å². The lowest BCUT2D eigenvalue weighted by molar-refractivity contribution is -0.116. The Bertz CT molecular complexity index is 835. The Morgan fingerprint density at radius 1 is 1.35 bits per heavy atom. The van der Waals surface area contributed by atoms with Gasteiger partial charge in [-0.05, 0) is 12.1 Å². The summed E-state index contributed by atoms with van der Waals surface area (Å²) < 4.78 is 27.0. The number of benzene rings is 1. The lowest BCUT2D eigenvalue weighted by Gasteiger charge is -2.16. The molecule has 0 bridgehead atoms. The van der Waals surface area contributed by atoms with Gasteiger partial charge in [0, 0.05) is 14.1 Å². The Hall–Kier alpha value is -1.61. The van der Waals surface area contributed by atoms with Crippen LogP contribution in [0.3, 0.4) is 0 Å². The molecule has 0 atom stereocenters. The molecule has 1 amide bonds. The summed E-state index contributed by atoms with van der Waals surface area (Å²) in [6.45, 7) is -0.402. The normalized spacial score (nSPS) is 11.7. The fraction of sp³-hybridized carbons (Fsp3) is 0.231. The zero-order chi connectivity index (χ0) is 17.2. The molecule has 0 aliphatic carbocycles. The van der Waals surface area contributed by atoms with Crippen LogP contribution in [0.15, 0.2) is 35.6 Å². The smallest absolute Gasteiger partial charge is 0.263 e. The number of carbonyl (C=O) groups excluding carboxylic acids is 1. The first kappa shape index (κ1) is 17.7. The van der Waals surface area contributed by atoms with Gasteiger partial charge in [-0.15, -0.1) is 0 Å². The highest BCUT2D eigenvalue weighted by atomic mass is 35.5. The molecule has 10 heteroatoms. The molecule has 1 aromatic carbocycles. The predicted octanol–water partition coefficient (Wildman–Crippen LogP) is 1.99. The standard InChI is InChI=1S/C13H14Cl2N4O3S/c1-18-8-16-13(12(18)15)23(21,22)19(2)7-11(20)17-10-6-4-3-5-9(10)14/h3-6,8H,7H2,1-2H3,(H,17,20). The zero-order valence-corrected chi connectivity index (χ0v) is 14.7. The van der Waals surface area contributed by atoms with Crippen molar-refractivity contribution in [3.8, 4) is 0 Å². The van der Waals surface area contributed by atoms with E-state index >= 15 is 0 Å². The van der Waals surface area contributed by atoms with Gasteiger partial charge in [-0.25, -0.2) is 13.4 Å². The largest absolute Gasteiger partial charge is 0.324 e. The van der Waals surface area contributed by atoms with Crippen LogP contribution in [0, 0.1) is 0 Å². The van der Waals surface area contributed by atoms with Crippen molar-refractivity contribution in [2.24, 2.45) is 7.05 Å². The molecule has 0 saturated heterocycles. The summed E-state index contributed by atoms with van der Waals surface area (Å²) in [5, 5.41) is 2.59. The number of rotatable bonds is 5. The maximum atomic E-state index is 12.4. The van der Waals surface area contributed by atoms with Crippen molar-refractivity contribution in [2.75, 3.05) is 18.9 Å². The van der Waals surface area contributed by atoms with Crippen molar-refractivity contribution in [3.63, 3.8) is 0 Å². The van der Waals surface area contributed by atoms with Gasteiger partial charge < -0.3 is 9.88 Å². The van der Waals surface area contributed by atoms with Crippen molar-refractivity contribution in [1.29, 1.82) is 0 Å². The monoisotopic (exact) mass is 376 g/mol. The van der Waals surface area contributed by atoms with Crippen LogP contribution in [0.1, 0.15) is 0 Å². The first-order valence-corrected chi connectivity index (χ1v) is 8.60. The number of sulfonamides is 1. The highest BCUT2D eigenvalue weighted by molar-refractivity contribution is 7.89. The summed E-state index contributed by atoms with van der Waals surface area (Å²) in [4.78, 5) is 15.8. The van der Waals surface area contributed by atoms with Crippen LogP contribution >= 0.6 is 23.2 Å². The Labute approximate surface area is 143 Å². The average Bonchev–Trinajstić information content (AvgIpc) is 2.82. The van der Waals surface area contributed by atoms with Crippen LogP contribution < -0.4 is 5.32 Å². The van der Waals surface area contributed by atoms with Gasteiger partial charge in [0.05, 0.1) is 23.6 Å². The van der Waals surface area contributed by atoms with E-state index in [4.69, 9.17) is 23.2 Å². The van der Waals surface area contributed by atoms with Crippen molar-refractivity contribution >= 4 is 44.8 Å². The highest BCUT2D eigenvalue weighted by Crippen LogP contribution is 2.22. The van der Waals surface area contributed by atoms with Crippen LogP contribution in [0.25, 0.3) is 0 Å². The number of likely N-dealkylation sites (N-methyl/N-ethyl adjacent to an activating group) is 1. The topological polar surface area (TPSA) is 84.3 Å². The summed E-state index contributed by atoms with van der Waals surface area (Å²) in [5.74, 6) is -0.531. The van der Waals surface area contributed by atoms with E-state index < -0.39 is 22.5 Å². The molecule has 0 aliphatic rings. The third kappa shape index (κ3) is 3.84. The number of hydrogen-bond donors (Lipinski definition) is 1. The van der Waals surface area contributed by atoms with Crippen LogP contribution in [0.2, 0.25) is 10.2 Å². The molecular weight excluding hydrogens is 363 g/mol. The number of aryl methyl sites for hydroxylation is 1. The van der Waals surface area contributed by atoms with E-state index in [-0.39, 0.29) is 10.2 Å². The van der Waals surface area contributed by atoms with Crippen molar-refractivity contribution in [2.45, 2.75) is 5.03 Å². The summed E-state index contributed by atoms with van der Waals surface area (Å²) in [6.07, 6.45) is 1.28. The Morgan fingerprint density at radius 3 is 2.57 bits per heavy atom. The number of amides is 1. The number of para-hydroxylation sites is 1. The summed E-state index contributed by atoms with van der Waals surface area (Å²) in [5.41, 5.74) is 0.404. The first-order chi connectivity index (χ1) is 10.7. The van der Waals surface area contributed by atoms with Gasteiger partial charge in [0.2, 0.25) is 10.9 Å². The van der Waals surface area contributed by atoms with E-state index in [1.807, 2.05) is 0 Å². The molecule has 0 spiro atoms. The lowest BCUT2D eigenvalue weighted by atomic mass is 10.3. The number of nitrogens with zero attached hydrogens (tertiary/aromatic N) is 3. The number of nitrogens with one attached hydrogen (secondary N) is 1. The van der Waals surface area contributed by atoms with E-state index in [0.717, 1.165) is 4.31 Å². The minimum absolute atomic E-state index is 0.0247. The SMILES string of the molecule is CN(CC(=O)Nc1ccccc1Cl)S(=O)(=O)c1ncn(C)c1Cl. The van der Waals surface area contributed by atoms with Gasteiger partial charge in [0.25, 0.3) is 10.0 Å². The average molecular weight is 377 g/mol. The van der Waals surface area contributed by atoms with E-state index in [0.29, 0.717) is 10.7 Å². The highest BCUT2D eigenvalue weighted by Gasteiger charge is 2.28. The Morgan fingerprint density at radius 2 is 2.00 bits per heavy atom. The molecule has 7 nitrogen and oxygen atoms in total. The van der Waals surface area contributed by atoms with E-state index in [2.05, 4.69) is 10.3 Å². The zero-order valence-electron chi connectivity index (χ0n) is 12.3. The second-order valence-corrected chi connectivity index (χ2v) is 7.47. The molecular formula is C13H14Cl2N4O3S. The minimum atomic E-state index is -3.97. The molecule has 0 saturated carbocycles. The molecule has 1 aromatic heterocycles. The number of anilines is 1. The molecule has 124 valence electrons. The molecule has 0 unspecified atom stereocenters. The molecule has 0 radical (unpaired) electrons. The predicted molar refractivity (Wildman–Crippen MR) is 88.1 cm³/mol. The number of aromatic nitrogens is 2. The quantitative estimate of drug-likeness (QED) is 0.864. The number of carbonyl (C=O) groups is 1. The van der Waals surface area contributed by atoms with E-state index in [1.165, 1.54) is 17.9 Å². The van der Waals surface area contributed by atoms with Crippen LogP contribution in [0.4, 0.5) is 5.69 Å². The maximum absolute atomic E-state index is 12.4. The van der Waals surface area contributed by atoms with Gasteiger partial charge in [-0.1, -0.05) is 35.3 Å². The fourth-order valence-corrected chi connectivity index (χ4v) is 3.44. The first-order valence-electron chi connectivity index (χ1n) is 6.41. The second-order valence-electron chi connectivity index (χ2n) is 4.74. The van der Waals surface area contributed by atoms with Gasteiger partial charge in [0.1, 0.15) is 5.15 Å². The summed E-state index contributed by atoms with van der Waals surface area (Å²) >= 11 is 11.8. The number of imidazole rings is 1. The molecule has 0 fully saturated rings. The van der Waals surface area contributed by atoms with Crippen LogP contribution in [-0.4, -0.2) is 41.8 Å². The summed E-state index contributed by atoms with van der Waals surface area (Å²) in [6, 6.07) is 6.66.